The molecule has 2 aromatic heterocycles. The van der Waals surface area contributed by atoms with Crippen LogP contribution in [0.3, 0.4) is 0 Å². The van der Waals surface area contributed by atoms with E-state index in [1.807, 2.05) is 12.3 Å². The molecule has 94 valence electrons. The van der Waals surface area contributed by atoms with Crippen LogP contribution < -0.4 is 5.43 Å². The third kappa shape index (κ3) is 1.90. The minimum Gasteiger partial charge on any atom is -0.317 e. The molecule has 0 saturated carbocycles. The molecular weight excluding hydrogens is 222 g/mol. The smallest absolute Gasteiger partial charge is 0.0847 e. The molecule has 18 heavy (non-hydrogen) atoms. The Kier molecular flexibility index (Phi) is 2.82. The number of hydrogen-bond acceptors (Lipinski definition) is 2. The highest BCUT2D eigenvalue weighted by Gasteiger charge is 2.21. The Bertz CT molecular complexity index is 537. The van der Waals surface area contributed by atoms with Crippen molar-refractivity contribution in [1.82, 2.24) is 9.66 Å². The molecule has 0 bridgehead atoms. The summed E-state index contributed by atoms with van der Waals surface area (Å²) in [6.07, 6.45) is 5.44. The van der Waals surface area contributed by atoms with E-state index in [-0.39, 0.29) is 0 Å². The molecule has 0 aliphatic heterocycles. The van der Waals surface area contributed by atoms with Crippen LogP contribution in [0.25, 0.3) is 0 Å². The summed E-state index contributed by atoms with van der Waals surface area (Å²) in [5.74, 6) is 0. The van der Waals surface area contributed by atoms with Gasteiger partial charge in [0.25, 0.3) is 0 Å². The Labute approximate surface area is 108 Å². The first kappa shape index (κ1) is 11.3. The zero-order valence-electron chi connectivity index (χ0n) is 11.0. The standard InChI is InChI=1S/C15H19N3/c1-11-8-9-12(2)18(11)17-14-7-3-5-13-6-4-10-16-15(13)14/h4,6,8-10,14,17H,3,5,7H2,1-2H3. The van der Waals surface area contributed by atoms with Crippen molar-refractivity contribution in [3.8, 4) is 0 Å². The molecule has 2 heterocycles. The van der Waals surface area contributed by atoms with Gasteiger partial charge in [0.2, 0.25) is 0 Å². The van der Waals surface area contributed by atoms with Gasteiger partial charge in [-0.05, 0) is 56.9 Å². The molecule has 0 saturated heterocycles. The maximum absolute atomic E-state index is 4.56. The Morgan fingerprint density at radius 3 is 2.78 bits per heavy atom. The predicted molar refractivity (Wildman–Crippen MR) is 73.2 cm³/mol. The molecule has 1 N–H and O–H groups in total. The number of aromatic nitrogens is 2. The van der Waals surface area contributed by atoms with E-state index in [0.29, 0.717) is 6.04 Å². The summed E-state index contributed by atoms with van der Waals surface area (Å²) in [6.45, 7) is 4.25. The number of nitrogens with one attached hydrogen (secondary N) is 1. The summed E-state index contributed by atoms with van der Waals surface area (Å²) in [6, 6.07) is 8.85. The van der Waals surface area contributed by atoms with Gasteiger partial charge >= 0.3 is 0 Å². The largest absolute Gasteiger partial charge is 0.317 e. The number of rotatable bonds is 2. The number of fused-ring (bicyclic) bond motifs is 1. The van der Waals surface area contributed by atoms with Crippen molar-refractivity contribution in [3.63, 3.8) is 0 Å². The van der Waals surface area contributed by atoms with Crippen LogP contribution in [-0.4, -0.2) is 9.66 Å². The average Bonchev–Trinajstić information content (AvgIpc) is 2.71. The molecule has 1 aliphatic rings. The number of hydrogen-bond donors (Lipinski definition) is 1. The lowest BCUT2D eigenvalue weighted by molar-refractivity contribution is 0.535. The molecule has 0 spiro atoms. The number of nitrogens with zero attached hydrogens (tertiary/aromatic N) is 2. The summed E-state index contributed by atoms with van der Waals surface area (Å²) >= 11 is 0. The van der Waals surface area contributed by atoms with Crippen LogP contribution in [0.5, 0.6) is 0 Å². The third-order valence-electron chi connectivity index (χ3n) is 3.75. The summed E-state index contributed by atoms with van der Waals surface area (Å²) in [5.41, 5.74) is 8.71. The van der Waals surface area contributed by atoms with Gasteiger partial charge in [-0.15, -0.1) is 0 Å². The third-order valence-corrected chi connectivity index (χ3v) is 3.75. The first-order chi connectivity index (χ1) is 8.75. The van der Waals surface area contributed by atoms with Crippen molar-refractivity contribution in [2.75, 3.05) is 5.43 Å². The van der Waals surface area contributed by atoms with Gasteiger partial charge in [0.05, 0.1) is 11.7 Å². The minimum atomic E-state index is 0.333. The summed E-state index contributed by atoms with van der Waals surface area (Å²) < 4.78 is 2.18. The van der Waals surface area contributed by atoms with Crippen LogP contribution in [0.2, 0.25) is 0 Å². The Morgan fingerprint density at radius 1 is 1.22 bits per heavy atom. The van der Waals surface area contributed by atoms with Crippen molar-refractivity contribution in [3.05, 3.63) is 53.1 Å². The first-order valence-electron chi connectivity index (χ1n) is 6.61. The Hall–Kier alpha value is -1.77. The normalized spacial score (nSPS) is 18.4. The van der Waals surface area contributed by atoms with E-state index in [4.69, 9.17) is 0 Å². The van der Waals surface area contributed by atoms with Gasteiger partial charge in [0, 0.05) is 17.6 Å². The van der Waals surface area contributed by atoms with Crippen LogP contribution in [-0.2, 0) is 6.42 Å². The fourth-order valence-electron chi connectivity index (χ4n) is 2.76. The van der Waals surface area contributed by atoms with Gasteiger partial charge in [-0.3, -0.25) is 9.66 Å². The van der Waals surface area contributed by atoms with E-state index in [1.165, 1.54) is 29.1 Å². The van der Waals surface area contributed by atoms with Crippen LogP contribution in [0, 0.1) is 13.8 Å². The van der Waals surface area contributed by atoms with Crippen molar-refractivity contribution in [1.29, 1.82) is 0 Å². The molecule has 0 radical (unpaired) electrons. The maximum atomic E-state index is 4.56. The quantitative estimate of drug-likeness (QED) is 0.875. The monoisotopic (exact) mass is 241 g/mol. The van der Waals surface area contributed by atoms with Gasteiger partial charge in [-0.1, -0.05) is 6.07 Å². The molecule has 1 unspecified atom stereocenters. The van der Waals surface area contributed by atoms with Gasteiger partial charge in [0.15, 0.2) is 0 Å². The fraction of sp³-hybridized carbons (Fsp3) is 0.400. The van der Waals surface area contributed by atoms with Crippen LogP contribution in [0.1, 0.15) is 41.5 Å². The van der Waals surface area contributed by atoms with Gasteiger partial charge in [-0.2, -0.15) is 0 Å². The number of aryl methyl sites for hydroxylation is 3. The number of pyridine rings is 1. The second-order valence-corrected chi connectivity index (χ2v) is 5.07. The van der Waals surface area contributed by atoms with E-state index in [0.717, 1.165) is 12.8 Å². The highest BCUT2D eigenvalue weighted by molar-refractivity contribution is 5.28. The molecule has 0 fully saturated rings. The molecule has 0 amide bonds. The molecule has 3 heteroatoms. The Morgan fingerprint density at radius 2 is 2.00 bits per heavy atom. The summed E-state index contributed by atoms with van der Waals surface area (Å²) in [5, 5.41) is 0. The minimum absolute atomic E-state index is 0.333. The van der Waals surface area contributed by atoms with Gasteiger partial charge in [-0.25, -0.2) is 0 Å². The topological polar surface area (TPSA) is 29.9 Å². The van der Waals surface area contributed by atoms with Crippen molar-refractivity contribution in [2.45, 2.75) is 39.2 Å². The van der Waals surface area contributed by atoms with Crippen molar-refractivity contribution >= 4 is 0 Å². The zero-order chi connectivity index (χ0) is 12.5. The van der Waals surface area contributed by atoms with Crippen LogP contribution in [0.15, 0.2) is 30.5 Å². The lowest BCUT2D eigenvalue weighted by Gasteiger charge is -2.27. The Balaban J connectivity index is 1.91. The molecule has 1 aliphatic carbocycles. The van der Waals surface area contributed by atoms with E-state index >= 15 is 0 Å². The van der Waals surface area contributed by atoms with Gasteiger partial charge in [0.1, 0.15) is 0 Å². The first-order valence-corrected chi connectivity index (χ1v) is 6.61. The molecule has 1 atom stereocenters. The van der Waals surface area contributed by atoms with Crippen molar-refractivity contribution < 1.29 is 0 Å². The van der Waals surface area contributed by atoms with Gasteiger partial charge < -0.3 is 5.43 Å². The second-order valence-electron chi connectivity index (χ2n) is 5.07. The predicted octanol–water partition coefficient (Wildman–Crippen LogP) is 3.12. The molecule has 2 aromatic rings. The SMILES string of the molecule is Cc1ccc(C)n1NC1CCCc2cccnc21. The van der Waals surface area contributed by atoms with Crippen molar-refractivity contribution in [2.24, 2.45) is 0 Å². The molecule has 0 aromatic carbocycles. The molecular formula is C15H19N3. The maximum Gasteiger partial charge on any atom is 0.0847 e. The summed E-state index contributed by atoms with van der Waals surface area (Å²) in [4.78, 5) is 4.56. The van der Waals surface area contributed by atoms with Crippen LogP contribution in [0.4, 0.5) is 0 Å². The van der Waals surface area contributed by atoms with E-state index in [1.54, 1.807) is 0 Å². The lowest BCUT2D eigenvalue weighted by atomic mass is 9.92. The van der Waals surface area contributed by atoms with E-state index in [9.17, 15) is 0 Å². The zero-order valence-corrected chi connectivity index (χ0v) is 11.0. The van der Waals surface area contributed by atoms with Crippen LogP contribution >= 0.6 is 0 Å². The average molecular weight is 241 g/mol. The molecule has 3 nitrogen and oxygen atoms in total. The fourth-order valence-corrected chi connectivity index (χ4v) is 2.76. The summed E-state index contributed by atoms with van der Waals surface area (Å²) in [7, 11) is 0. The van der Waals surface area contributed by atoms with E-state index in [2.05, 4.69) is 47.1 Å². The second kappa shape index (κ2) is 4.48. The highest BCUT2D eigenvalue weighted by Crippen LogP contribution is 2.28. The van der Waals surface area contributed by atoms with E-state index < -0.39 is 0 Å². The lowest BCUT2D eigenvalue weighted by Crippen LogP contribution is -2.26. The molecule has 3 rings (SSSR count). The highest BCUT2D eigenvalue weighted by atomic mass is 15.4.